The lowest BCUT2D eigenvalue weighted by Crippen LogP contribution is -2.17. The molecule has 3 aromatic heterocycles. The van der Waals surface area contributed by atoms with Gasteiger partial charge >= 0.3 is 11.9 Å². The first-order valence-electron chi connectivity index (χ1n) is 14.6. The second-order valence-corrected chi connectivity index (χ2v) is 11.1. The largest absolute Gasteiger partial charge is 0.434 e. The van der Waals surface area contributed by atoms with Crippen molar-refractivity contribution in [2.45, 2.75) is 45.6 Å². The zero-order valence-electron chi connectivity index (χ0n) is 24.8. The number of halogens is 3. The molecule has 0 radical (unpaired) electrons. The number of fused-ring (bicyclic) bond motifs is 1. The summed E-state index contributed by atoms with van der Waals surface area (Å²) in [5, 5.41) is 0. The average Bonchev–Trinajstić information content (AvgIpc) is 3.61. The summed E-state index contributed by atoms with van der Waals surface area (Å²) >= 11 is 0. The van der Waals surface area contributed by atoms with Crippen LogP contribution in [0.4, 0.5) is 13.2 Å². The third-order valence-electron chi connectivity index (χ3n) is 7.54. The molecule has 8 nitrogen and oxygen atoms in total. The quantitative estimate of drug-likeness (QED) is 0.167. The van der Waals surface area contributed by atoms with E-state index in [2.05, 4.69) is 28.8 Å². The van der Waals surface area contributed by atoms with Gasteiger partial charge in [-0.3, -0.25) is 4.57 Å². The maximum atomic E-state index is 13.6. The van der Waals surface area contributed by atoms with E-state index in [1.165, 1.54) is 9.13 Å². The Kier molecular flexibility index (Phi) is 8.36. The van der Waals surface area contributed by atoms with Crippen LogP contribution in [0.1, 0.15) is 42.1 Å². The summed E-state index contributed by atoms with van der Waals surface area (Å²) in [5.74, 6) is 0.967. The molecule has 0 unspecified atom stereocenters. The number of hydrogen-bond donors (Lipinski definition) is 1. The minimum atomic E-state index is -4.59. The third kappa shape index (κ3) is 6.58. The van der Waals surface area contributed by atoms with Gasteiger partial charge in [0.15, 0.2) is 17.2 Å². The average molecular weight is 613 g/mol. The van der Waals surface area contributed by atoms with Crippen LogP contribution in [0.3, 0.4) is 0 Å². The fourth-order valence-electron chi connectivity index (χ4n) is 5.25. The smallest absolute Gasteiger partial charge is 0.375 e. The molecule has 6 rings (SSSR count). The molecule has 45 heavy (non-hydrogen) atoms. The Morgan fingerprint density at radius 1 is 0.911 bits per heavy atom. The van der Waals surface area contributed by atoms with Gasteiger partial charge in [0.25, 0.3) is 0 Å². The van der Waals surface area contributed by atoms with Gasteiger partial charge in [-0.15, -0.1) is 0 Å². The molecule has 0 bridgehead atoms. The Morgan fingerprint density at radius 2 is 1.64 bits per heavy atom. The summed E-state index contributed by atoms with van der Waals surface area (Å²) < 4.78 is 49.5. The molecule has 3 heterocycles. The molecule has 0 aliphatic carbocycles. The van der Waals surface area contributed by atoms with Gasteiger partial charge in [-0.1, -0.05) is 92.7 Å². The van der Waals surface area contributed by atoms with Crippen molar-refractivity contribution >= 4 is 11.2 Å². The van der Waals surface area contributed by atoms with Gasteiger partial charge < -0.3 is 14.3 Å². The second kappa shape index (κ2) is 12.5. The maximum Gasteiger partial charge on any atom is 0.434 e. The molecule has 3 aromatic carbocycles. The van der Waals surface area contributed by atoms with Gasteiger partial charge in [0.05, 0.1) is 26.0 Å². The Hall–Kier alpha value is -5.03. The molecule has 0 atom stereocenters. The van der Waals surface area contributed by atoms with Crippen LogP contribution >= 0.6 is 0 Å². The number of aromatic nitrogens is 6. The lowest BCUT2D eigenvalue weighted by atomic mass is 9.97. The fraction of sp³-hybridized carbons (Fsp3) is 0.235. The topological polar surface area (TPSA) is 90.6 Å². The van der Waals surface area contributed by atoms with Gasteiger partial charge in [-0.25, -0.2) is 19.7 Å². The van der Waals surface area contributed by atoms with E-state index in [-0.39, 0.29) is 37.1 Å². The van der Waals surface area contributed by atoms with E-state index in [4.69, 9.17) is 9.72 Å². The van der Waals surface area contributed by atoms with Gasteiger partial charge in [0, 0.05) is 23.9 Å². The molecular formula is C34H31F3N6O2. The summed E-state index contributed by atoms with van der Waals surface area (Å²) in [5.41, 5.74) is 3.94. The molecule has 6 aromatic rings. The number of aromatic amines is 1. The molecule has 230 valence electrons. The number of alkyl halides is 3. The highest BCUT2D eigenvalue weighted by Crippen LogP contribution is 2.31. The van der Waals surface area contributed by atoms with Crippen molar-refractivity contribution in [2.75, 3.05) is 6.61 Å². The van der Waals surface area contributed by atoms with Crippen LogP contribution in [0, 0.1) is 0 Å². The van der Waals surface area contributed by atoms with Crippen LogP contribution in [0.15, 0.2) is 96.1 Å². The van der Waals surface area contributed by atoms with Crippen molar-refractivity contribution in [3.8, 4) is 22.8 Å². The van der Waals surface area contributed by atoms with Crippen LogP contribution in [-0.4, -0.2) is 35.7 Å². The molecule has 0 spiro atoms. The van der Waals surface area contributed by atoms with E-state index < -0.39 is 11.9 Å². The van der Waals surface area contributed by atoms with Crippen molar-refractivity contribution in [2.24, 2.45) is 0 Å². The second-order valence-electron chi connectivity index (χ2n) is 11.1. The number of H-pyrrole nitrogens is 1. The number of imidazole rings is 2. The first kappa shape index (κ1) is 30.0. The van der Waals surface area contributed by atoms with Gasteiger partial charge in [-0.2, -0.15) is 13.2 Å². The molecule has 0 amide bonds. The summed E-state index contributed by atoms with van der Waals surface area (Å²) in [6.45, 7) is 5.17. The van der Waals surface area contributed by atoms with Gasteiger partial charge in [0.2, 0.25) is 0 Å². The molecule has 1 N–H and O–H groups in total. The molecule has 0 saturated carbocycles. The first-order chi connectivity index (χ1) is 21.7. The van der Waals surface area contributed by atoms with E-state index >= 15 is 0 Å². The van der Waals surface area contributed by atoms with Crippen molar-refractivity contribution in [3.05, 3.63) is 124 Å². The zero-order chi connectivity index (χ0) is 31.6. The molecule has 0 aliphatic rings. The molecule has 0 saturated heterocycles. The number of nitrogens with zero attached hydrogens (tertiary/aromatic N) is 5. The van der Waals surface area contributed by atoms with E-state index in [0.717, 1.165) is 28.5 Å². The Bertz CT molecular complexity index is 1980. The molecule has 0 fully saturated rings. The maximum absolute atomic E-state index is 13.6. The highest BCUT2D eigenvalue weighted by atomic mass is 19.4. The number of ether oxygens (including phenoxy) is 1. The Balaban J connectivity index is 1.24. The van der Waals surface area contributed by atoms with E-state index in [1.54, 1.807) is 30.5 Å². The van der Waals surface area contributed by atoms with Gasteiger partial charge in [-0.05, 0) is 22.6 Å². The summed E-state index contributed by atoms with van der Waals surface area (Å²) in [6, 6.07) is 24.4. The fourth-order valence-corrected chi connectivity index (χ4v) is 5.25. The predicted molar refractivity (Wildman–Crippen MR) is 166 cm³/mol. The molecule has 11 heteroatoms. The number of benzene rings is 3. The minimum absolute atomic E-state index is 0.183. The minimum Gasteiger partial charge on any atom is -0.375 e. The van der Waals surface area contributed by atoms with Crippen molar-refractivity contribution in [3.63, 3.8) is 0 Å². The van der Waals surface area contributed by atoms with Crippen LogP contribution < -0.4 is 5.69 Å². The molecule has 0 aliphatic heterocycles. The Labute approximate surface area is 257 Å². The van der Waals surface area contributed by atoms with Crippen LogP contribution in [0.25, 0.3) is 33.9 Å². The molecular weight excluding hydrogens is 581 g/mol. The lowest BCUT2D eigenvalue weighted by molar-refractivity contribution is -0.140. The number of rotatable bonds is 10. The standard InChI is InChI=1S/C34H31F3N6O2/c1-22(2)26-10-6-7-11-27(26)30-38-18-28-32(41-30)43(33(44)39-28)19-23-12-14-25(15-13-23)31-40-29(34(35,36)37)20-42(31)16-17-45-21-24-8-4-3-5-9-24/h3-15,18,20,22H,16-17,19,21H2,1-2H3,(H,39,44). The third-order valence-corrected chi connectivity index (χ3v) is 7.54. The summed E-state index contributed by atoms with van der Waals surface area (Å²) in [4.78, 5) is 28.9. The van der Waals surface area contributed by atoms with E-state index in [0.29, 0.717) is 29.2 Å². The van der Waals surface area contributed by atoms with Crippen LogP contribution in [0.2, 0.25) is 0 Å². The van der Waals surface area contributed by atoms with Gasteiger partial charge in [0.1, 0.15) is 11.3 Å². The highest BCUT2D eigenvalue weighted by molar-refractivity contribution is 5.74. The van der Waals surface area contributed by atoms with E-state index in [1.807, 2.05) is 54.6 Å². The summed E-state index contributed by atoms with van der Waals surface area (Å²) in [6.07, 6.45) is -1.97. The SMILES string of the molecule is CC(C)c1ccccc1-c1ncc2[nH]c(=O)n(Cc3ccc(-c4nc(C(F)(F)F)cn4CCOCc4ccccc4)cc3)c2n1. The lowest BCUT2D eigenvalue weighted by Gasteiger charge is -2.12. The van der Waals surface area contributed by atoms with Crippen LogP contribution in [0.5, 0.6) is 0 Å². The van der Waals surface area contributed by atoms with Crippen molar-refractivity contribution < 1.29 is 17.9 Å². The predicted octanol–water partition coefficient (Wildman–Crippen LogP) is 7.06. The Morgan fingerprint density at radius 3 is 2.38 bits per heavy atom. The van der Waals surface area contributed by atoms with E-state index in [9.17, 15) is 18.0 Å². The van der Waals surface area contributed by atoms with Crippen LogP contribution in [-0.2, 0) is 30.6 Å². The highest BCUT2D eigenvalue weighted by Gasteiger charge is 2.35. The summed E-state index contributed by atoms with van der Waals surface area (Å²) in [7, 11) is 0. The number of nitrogens with one attached hydrogen (secondary N) is 1. The number of hydrogen-bond acceptors (Lipinski definition) is 5. The zero-order valence-corrected chi connectivity index (χ0v) is 24.8. The first-order valence-corrected chi connectivity index (χ1v) is 14.6. The van der Waals surface area contributed by atoms with Crippen molar-refractivity contribution in [1.82, 2.24) is 29.1 Å². The van der Waals surface area contributed by atoms with Crippen molar-refractivity contribution in [1.29, 1.82) is 0 Å². The normalized spacial score (nSPS) is 12.0. The monoisotopic (exact) mass is 612 g/mol.